The molecule has 1 aromatic heterocycles. The Balaban J connectivity index is 1.92. The van der Waals surface area contributed by atoms with E-state index in [4.69, 9.17) is 19.3 Å². The number of methoxy groups -OCH3 is 3. The van der Waals surface area contributed by atoms with Gasteiger partial charge >= 0.3 is 0 Å². The first kappa shape index (κ1) is 18.2. The van der Waals surface area contributed by atoms with Crippen LogP contribution in [0.5, 0.6) is 17.2 Å². The summed E-state index contributed by atoms with van der Waals surface area (Å²) in [5.41, 5.74) is 7.77. The van der Waals surface area contributed by atoms with E-state index in [2.05, 4.69) is 37.4 Å². The SMILES string of the molecule is COc1cc(C2Nc3c(C)cc(C)cc3-c3cc(C)nn32)cc(OC)c1OC. The van der Waals surface area contributed by atoms with Gasteiger partial charge in [-0.25, -0.2) is 4.68 Å². The molecule has 2 heterocycles. The molecule has 0 saturated heterocycles. The highest BCUT2D eigenvalue weighted by molar-refractivity contribution is 5.82. The number of aryl methyl sites for hydroxylation is 3. The van der Waals surface area contributed by atoms with Crippen LogP contribution in [0, 0.1) is 20.8 Å². The van der Waals surface area contributed by atoms with Crippen LogP contribution in [0.2, 0.25) is 0 Å². The minimum Gasteiger partial charge on any atom is -0.493 e. The van der Waals surface area contributed by atoms with Crippen molar-refractivity contribution in [2.24, 2.45) is 0 Å². The van der Waals surface area contributed by atoms with Gasteiger partial charge in [-0.2, -0.15) is 5.10 Å². The lowest BCUT2D eigenvalue weighted by molar-refractivity contribution is 0.323. The Morgan fingerprint density at radius 3 is 2.18 bits per heavy atom. The van der Waals surface area contributed by atoms with Crippen molar-refractivity contribution in [2.75, 3.05) is 26.6 Å². The number of fused-ring (bicyclic) bond motifs is 3. The fourth-order valence-corrected chi connectivity index (χ4v) is 3.96. The highest BCUT2D eigenvalue weighted by atomic mass is 16.5. The van der Waals surface area contributed by atoms with Crippen LogP contribution in [0.25, 0.3) is 11.3 Å². The molecule has 2 aromatic carbocycles. The van der Waals surface area contributed by atoms with Gasteiger partial charge in [-0.05, 0) is 50.6 Å². The first-order valence-electron chi connectivity index (χ1n) is 9.21. The molecule has 1 N–H and O–H groups in total. The fourth-order valence-electron chi connectivity index (χ4n) is 3.96. The van der Waals surface area contributed by atoms with Crippen molar-refractivity contribution in [3.8, 4) is 28.5 Å². The number of nitrogens with one attached hydrogen (secondary N) is 1. The molecule has 4 rings (SSSR count). The van der Waals surface area contributed by atoms with E-state index in [-0.39, 0.29) is 6.17 Å². The maximum Gasteiger partial charge on any atom is 0.203 e. The van der Waals surface area contributed by atoms with Crippen molar-refractivity contribution >= 4 is 5.69 Å². The van der Waals surface area contributed by atoms with Crippen molar-refractivity contribution in [2.45, 2.75) is 26.9 Å². The number of hydrogen-bond donors (Lipinski definition) is 1. The van der Waals surface area contributed by atoms with Gasteiger partial charge in [0.2, 0.25) is 5.75 Å². The summed E-state index contributed by atoms with van der Waals surface area (Å²) in [5.74, 6) is 1.82. The normalized spacial score (nSPS) is 14.7. The standard InChI is InChI=1S/C22H25N3O3/c1-12-7-13(2)20-16(8-12)17-9-14(3)24-25(17)22(23-20)15-10-18(26-4)21(28-6)19(11-15)27-5/h7-11,22-23H,1-6H3. The van der Waals surface area contributed by atoms with Gasteiger partial charge < -0.3 is 19.5 Å². The van der Waals surface area contributed by atoms with Gasteiger partial charge in [-0.1, -0.05) is 11.6 Å². The van der Waals surface area contributed by atoms with E-state index in [1.54, 1.807) is 21.3 Å². The zero-order valence-electron chi connectivity index (χ0n) is 17.1. The molecule has 0 saturated carbocycles. The van der Waals surface area contributed by atoms with E-state index in [0.717, 1.165) is 22.6 Å². The topological polar surface area (TPSA) is 57.5 Å². The van der Waals surface area contributed by atoms with Crippen LogP contribution in [0.4, 0.5) is 5.69 Å². The van der Waals surface area contributed by atoms with Gasteiger partial charge in [-0.3, -0.25) is 0 Å². The molecule has 6 nitrogen and oxygen atoms in total. The number of rotatable bonds is 4. The van der Waals surface area contributed by atoms with Gasteiger partial charge in [0, 0.05) is 16.8 Å². The average molecular weight is 379 g/mol. The van der Waals surface area contributed by atoms with Crippen molar-refractivity contribution in [3.05, 3.63) is 52.7 Å². The average Bonchev–Trinajstić information content (AvgIpc) is 3.08. The van der Waals surface area contributed by atoms with E-state index in [0.29, 0.717) is 17.2 Å². The summed E-state index contributed by atoms with van der Waals surface area (Å²) in [6.45, 7) is 6.26. The van der Waals surface area contributed by atoms with E-state index in [9.17, 15) is 0 Å². The maximum absolute atomic E-state index is 5.55. The van der Waals surface area contributed by atoms with Crippen LogP contribution in [0.1, 0.15) is 28.6 Å². The Morgan fingerprint density at radius 1 is 0.893 bits per heavy atom. The molecule has 28 heavy (non-hydrogen) atoms. The van der Waals surface area contributed by atoms with Crippen LogP contribution in [-0.2, 0) is 0 Å². The predicted octanol–water partition coefficient (Wildman–Crippen LogP) is 4.47. The van der Waals surface area contributed by atoms with Crippen molar-refractivity contribution in [1.29, 1.82) is 0 Å². The second-order valence-electron chi connectivity index (χ2n) is 7.13. The monoisotopic (exact) mass is 379 g/mol. The molecule has 6 heteroatoms. The number of ether oxygens (including phenoxy) is 3. The number of aromatic nitrogens is 2. The van der Waals surface area contributed by atoms with E-state index in [1.165, 1.54) is 16.7 Å². The summed E-state index contributed by atoms with van der Waals surface area (Å²) in [5, 5.41) is 8.43. The molecule has 0 radical (unpaired) electrons. The lowest BCUT2D eigenvalue weighted by Gasteiger charge is -2.31. The van der Waals surface area contributed by atoms with Crippen LogP contribution >= 0.6 is 0 Å². The Labute approximate surface area is 165 Å². The second kappa shape index (κ2) is 6.78. The zero-order valence-corrected chi connectivity index (χ0v) is 17.1. The highest BCUT2D eigenvalue weighted by Gasteiger charge is 2.29. The van der Waals surface area contributed by atoms with Crippen molar-refractivity contribution < 1.29 is 14.2 Å². The van der Waals surface area contributed by atoms with E-state index in [1.807, 2.05) is 23.7 Å². The first-order chi connectivity index (χ1) is 13.5. The van der Waals surface area contributed by atoms with Crippen molar-refractivity contribution in [1.82, 2.24) is 9.78 Å². The van der Waals surface area contributed by atoms with Crippen molar-refractivity contribution in [3.63, 3.8) is 0 Å². The molecule has 1 aliphatic rings. The van der Waals surface area contributed by atoms with Gasteiger partial charge in [0.15, 0.2) is 11.5 Å². The Morgan fingerprint density at radius 2 is 1.57 bits per heavy atom. The molecule has 1 aliphatic heterocycles. The minimum absolute atomic E-state index is 0.189. The molecular weight excluding hydrogens is 354 g/mol. The van der Waals surface area contributed by atoms with Gasteiger partial charge in [0.25, 0.3) is 0 Å². The fraction of sp³-hybridized carbons (Fsp3) is 0.318. The molecule has 0 amide bonds. The zero-order chi connectivity index (χ0) is 20.0. The first-order valence-corrected chi connectivity index (χ1v) is 9.21. The summed E-state index contributed by atoms with van der Waals surface area (Å²) in [4.78, 5) is 0. The van der Waals surface area contributed by atoms with Crippen LogP contribution < -0.4 is 19.5 Å². The number of nitrogens with zero attached hydrogens (tertiary/aromatic N) is 2. The van der Waals surface area contributed by atoms with Crippen LogP contribution in [0.3, 0.4) is 0 Å². The lowest BCUT2D eigenvalue weighted by atomic mass is 9.98. The largest absolute Gasteiger partial charge is 0.493 e. The van der Waals surface area contributed by atoms with E-state index < -0.39 is 0 Å². The summed E-state index contributed by atoms with van der Waals surface area (Å²) in [6, 6.07) is 10.5. The van der Waals surface area contributed by atoms with Gasteiger partial charge in [0.05, 0.1) is 32.7 Å². The molecule has 0 bridgehead atoms. The second-order valence-corrected chi connectivity index (χ2v) is 7.13. The summed E-state index contributed by atoms with van der Waals surface area (Å²) >= 11 is 0. The molecule has 0 spiro atoms. The third kappa shape index (κ3) is 2.76. The molecule has 1 unspecified atom stereocenters. The number of anilines is 1. The summed E-state index contributed by atoms with van der Waals surface area (Å²) in [7, 11) is 4.86. The Bertz CT molecular complexity index is 1030. The molecular formula is C22H25N3O3. The quantitative estimate of drug-likeness (QED) is 0.725. The Kier molecular flexibility index (Phi) is 4.41. The smallest absolute Gasteiger partial charge is 0.203 e. The molecule has 0 fully saturated rings. The van der Waals surface area contributed by atoms with Crippen LogP contribution in [0.15, 0.2) is 30.3 Å². The third-order valence-corrected chi connectivity index (χ3v) is 5.14. The summed E-state index contributed by atoms with van der Waals surface area (Å²) < 4.78 is 18.6. The van der Waals surface area contributed by atoms with Gasteiger partial charge in [0.1, 0.15) is 6.17 Å². The number of benzene rings is 2. The summed E-state index contributed by atoms with van der Waals surface area (Å²) in [6.07, 6.45) is -0.189. The van der Waals surface area contributed by atoms with Crippen LogP contribution in [-0.4, -0.2) is 31.1 Å². The Hall–Kier alpha value is -3.15. The highest BCUT2D eigenvalue weighted by Crippen LogP contribution is 2.44. The van der Waals surface area contributed by atoms with Gasteiger partial charge in [-0.15, -0.1) is 0 Å². The minimum atomic E-state index is -0.189. The predicted molar refractivity (Wildman–Crippen MR) is 110 cm³/mol. The lowest BCUT2D eigenvalue weighted by Crippen LogP contribution is -2.26. The molecule has 146 valence electrons. The number of hydrogen-bond acceptors (Lipinski definition) is 5. The molecule has 0 aliphatic carbocycles. The third-order valence-electron chi connectivity index (χ3n) is 5.14. The molecule has 1 atom stereocenters. The maximum atomic E-state index is 5.55. The molecule has 3 aromatic rings. The van der Waals surface area contributed by atoms with E-state index >= 15 is 0 Å².